The fourth-order valence-electron chi connectivity index (χ4n) is 3.21. The molecule has 0 saturated heterocycles. The molecule has 98 valence electrons. The van der Waals surface area contributed by atoms with Crippen LogP contribution in [-0.4, -0.2) is 9.91 Å². The first-order valence-corrected chi connectivity index (χ1v) is 6.75. The summed E-state index contributed by atoms with van der Waals surface area (Å²) in [4.78, 5) is 15.5. The van der Waals surface area contributed by atoms with Crippen LogP contribution in [0.2, 0.25) is 0 Å². The van der Waals surface area contributed by atoms with Crippen LogP contribution in [0.25, 0.3) is 0 Å². The normalized spacial score (nSPS) is 25.0. The Morgan fingerprint density at radius 2 is 2.00 bits per heavy atom. The number of aryl methyl sites for hydroxylation is 3. The van der Waals surface area contributed by atoms with Gasteiger partial charge in [-0.15, -0.1) is 0 Å². The van der Waals surface area contributed by atoms with Gasteiger partial charge in [-0.3, -0.25) is 10.1 Å². The van der Waals surface area contributed by atoms with Crippen molar-refractivity contribution in [2.75, 3.05) is 0 Å². The molecule has 0 aromatic carbocycles. The maximum atomic E-state index is 11.4. The van der Waals surface area contributed by atoms with E-state index in [9.17, 15) is 15.4 Å². The zero-order chi connectivity index (χ0) is 13.5. The molecule has 1 aromatic heterocycles. The van der Waals surface area contributed by atoms with Crippen LogP contribution in [0.1, 0.15) is 48.2 Å². The monoisotopic (exact) mass is 257 g/mol. The van der Waals surface area contributed by atoms with E-state index in [-0.39, 0.29) is 6.42 Å². The van der Waals surface area contributed by atoms with Gasteiger partial charge >= 0.3 is 5.54 Å². The van der Waals surface area contributed by atoms with Gasteiger partial charge in [0.25, 0.3) is 0 Å². The molecule has 1 heterocycles. The number of rotatable bonds is 1. The molecule has 0 fully saturated rings. The molecule has 2 aliphatic carbocycles. The van der Waals surface area contributed by atoms with Crippen LogP contribution in [0.4, 0.5) is 0 Å². The lowest BCUT2D eigenvalue weighted by molar-refractivity contribution is -0.564. The molecule has 0 bridgehead atoms. The summed E-state index contributed by atoms with van der Waals surface area (Å²) in [6.07, 6.45) is 5.88. The molecule has 0 unspecified atom stereocenters. The van der Waals surface area contributed by atoms with Gasteiger partial charge in [0.1, 0.15) is 5.69 Å². The highest BCUT2D eigenvalue weighted by molar-refractivity contribution is 5.39. The van der Waals surface area contributed by atoms with E-state index in [0.717, 1.165) is 43.4 Å². The number of nitriles is 1. The highest BCUT2D eigenvalue weighted by Crippen LogP contribution is 2.38. The van der Waals surface area contributed by atoms with Gasteiger partial charge in [-0.25, -0.2) is 4.98 Å². The van der Waals surface area contributed by atoms with Crippen LogP contribution in [0.3, 0.4) is 0 Å². The molecule has 1 aromatic rings. The van der Waals surface area contributed by atoms with Crippen molar-refractivity contribution < 1.29 is 4.92 Å². The van der Waals surface area contributed by atoms with E-state index in [2.05, 4.69) is 11.1 Å². The van der Waals surface area contributed by atoms with Crippen molar-refractivity contribution in [3.63, 3.8) is 0 Å². The fourth-order valence-corrected chi connectivity index (χ4v) is 3.21. The topological polar surface area (TPSA) is 79.8 Å². The minimum Gasteiger partial charge on any atom is -0.262 e. The van der Waals surface area contributed by atoms with Crippen LogP contribution >= 0.6 is 0 Å². The number of fused-ring (bicyclic) bond motifs is 2. The van der Waals surface area contributed by atoms with Gasteiger partial charge < -0.3 is 0 Å². The molecule has 19 heavy (non-hydrogen) atoms. The van der Waals surface area contributed by atoms with Gasteiger partial charge in [0.05, 0.1) is 0 Å². The van der Waals surface area contributed by atoms with E-state index >= 15 is 0 Å². The van der Waals surface area contributed by atoms with Crippen molar-refractivity contribution in [1.82, 2.24) is 4.98 Å². The molecular formula is C14H15N3O2. The molecule has 0 saturated carbocycles. The van der Waals surface area contributed by atoms with Crippen LogP contribution in [0, 0.1) is 21.4 Å². The van der Waals surface area contributed by atoms with Gasteiger partial charge in [0.2, 0.25) is 0 Å². The summed E-state index contributed by atoms with van der Waals surface area (Å²) in [6.45, 7) is 0. The van der Waals surface area contributed by atoms with Gasteiger partial charge in [-0.05, 0) is 49.7 Å². The van der Waals surface area contributed by atoms with Crippen molar-refractivity contribution in [1.29, 1.82) is 5.26 Å². The standard InChI is InChI=1S/C14H15N3O2/c15-9-14(17(18)19)7-3-5-11-8-10-4-1-2-6-12(10)16-13(11)14/h8H,1-7H2/t14-/m0/s1. The summed E-state index contributed by atoms with van der Waals surface area (Å²) in [5.41, 5.74) is 1.88. The van der Waals surface area contributed by atoms with Crippen molar-refractivity contribution in [2.45, 2.75) is 50.5 Å². The van der Waals surface area contributed by atoms with E-state index in [0.29, 0.717) is 12.1 Å². The lowest BCUT2D eigenvalue weighted by Crippen LogP contribution is -2.39. The second kappa shape index (κ2) is 4.30. The summed E-state index contributed by atoms with van der Waals surface area (Å²) < 4.78 is 0. The molecule has 0 radical (unpaired) electrons. The third-order valence-corrected chi connectivity index (χ3v) is 4.25. The van der Waals surface area contributed by atoms with E-state index in [1.165, 1.54) is 5.56 Å². The largest absolute Gasteiger partial charge is 0.347 e. The molecule has 3 rings (SSSR count). The third kappa shape index (κ3) is 1.71. The quantitative estimate of drug-likeness (QED) is 0.571. The third-order valence-electron chi connectivity index (χ3n) is 4.25. The predicted octanol–water partition coefficient (Wildman–Crippen LogP) is 2.29. The summed E-state index contributed by atoms with van der Waals surface area (Å²) in [5, 5.41) is 20.7. The molecule has 5 nitrogen and oxygen atoms in total. The van der Waals surface area contributed by atoms with Crippen LogP contribution in [0.15, 0.2) is 6.07 Å². The highest BCUT2D eigenvalue weighted by Gasteiger charge is 2.50. The summed E-state index contributed by atoms with van der Waals surface area (Å²) >= 11 is 0. The van der Waals surface area contributed by atoms with E-state index < -0.39 is 10.5 Å². The van der Waals surface area contributed by atoms with Crippen molar-refractivity contribution in [3.05, 3.63) is 38.7 Å². The molecule has 2 aliphatic rings. The lowest BCUT2D eigenvalue weighted by atomic mass is 9.79. The Morgan fingerprint density at radius 1 is 1.26 bits per heavy atom. The first kappa shape index (κ1) is 12.1. The lowest BCUT2D eigenvalue weighted by Gasteiger charge is -2.27. The Kier molecular flexibility index (Phi) is 2.74. The molecular weight excluding hydrogens is 242 g/mol. The summed E-state index contributed by atoms with van der Waals surface area (Å²) in [7, 11) is 0. The maximum Gasteiger partial charge on any atom is 0.347 e. The van der Waals surface area contributed by atoms with Gasteiger partial charge in [0.15, 0.2) is 6.07 Å². The van der Waals surface area contributed by atoms with Gasteiger partial charge in [-0.2, -0.15) is 5.26 Å². The van der Waals surface area contributed by atoms with Crippen molar-refractivity contribution in [2.24, 2.45) is 0 Å². The number of aromatic nitrogens is 1. The average Bonchev–Trinajstić information content (AvgIpc) is 2.44. The van der Waals surface area contributed by atoms with Crippen LogP contribution < -0.4 is 0 Å². The van der Waals surface area contributed by atoms with Gasteiger partial charge in [0, 0.05) is 17.0 Å². The number of nitro groups is 1. The molecule has 0 spiro atoms. The van der Waals surface area contributed by atoms with Crippen LogP contribution in [-0.2, 0) is 24.8 Å². The first-order chi connectivity index (χ1) is 9.17. The zero-order valence-electron chi connectivity index (χ0n) is 10.7. The predicted molar refractivity (Wildman–Crippen MR) is 68.1 cm³/mol. The Balaban J connectivity index is 2.19. The number of nitrogens with zero attached hydrogens (tertiary/aromatic N) is 3. The minimum atomic E-state index is -1.62. The Labute approximate surface area is 111 Å². The smallest absolute Gasteiger partial charge is 0.262 e. The molecule has 0 N–H and O–H groups in total. The first-order valence-electron chi connectivity index (χ1n) is 6.75. The Morgan fingerprint density at radius 3 is 2.74 bits per heavy atom. The fraction of sp³-hybridized carbons (Fsp3) is 0.571. The summed E-state index contributed by atoms with van der Waals surface area (Å²) in [6, 6.07) is 3.98. The Bertz CT molecular complexity index is 591. The number of hydrogen-bond acceptors (Lipinski definition) is 4. The van der Waals surface area contributed by atoms with E-state index in [1.54, 1.807) is 0 Å². The highest BCUT2D eigenvalue weighted by atomic mass is 16.6. The minimum absolute atomic E-state index is 0.273. The molecule has 5 heteroatoms. The average molecular weight is 257 g/mol. The van der Waals surface area contributed by atoms with Crippen molar-refractivity contribution in [3.8, 4) is 6.07 Å². The molecule has 1 atom stereocenters. The Hall–Kier alpha value is -1.96. The summed E-state index contributed by atoms with van der Waals surface area (Å²) in [5.74, 6) is 0. The molecule has 0 amide bonds. The van der Waals surface area contributed by atoms with Gasteiger partial charge in [-0.1, -0.05) is 6.07 Å². The second-order valence-electron chi connectivity index (χ2n) is 5.39. The zero-order valence-corrected chi connectivity index (χ0v) is 10.7. The van der Waals surface area contributed by atoms with Crippen molar-refractivity contribution >= 4 is 0 Å². The number of pyridine rings is 1. The maximum absolute atomic E-state index is 11.4. The van der Waals surface area contributed by atoms with Crippen LogP contribution in [0.5, 0.6) is 0 Å². The van der Waals surface area contributed by atoms with E-state index in [1.807, 2.05) is 6.07 Å². The van der Waals surface area contributed by atoms with E-state index in [4.69, 9.17) is 0 Å². The SMILES string of the molecule is N#C[C@@]1([N+](=O)[O-])CCCc2cc3c(nc21)CCCC3. The molecule has 0 aliphatic heterocycles. The number of hydrogen-bond donors (Lipinski definition) is 0. The second-order valence-corrected chi connectivity index (χ2v) is 5.39.